The predicted octanol–water partition coefficient (Wildman–Crippen LogP) is 3.58. The molecule has 1 heterocycles. The summed E-state index contributed by atoms with van der Waals surface area (Å²) >= 11 is 0. The summed E-state index contributed by atoms with van der Waals surface area (Å²) < 4.78 is 5.52. The Hall–Kier alpha value is -3.09. The van der Waals surface area contributed by atoms with Crippen molar-refractivity contribution in [2.24, 2.45) is 0 Å². The fraction of sp³-hybridized carbons (Fsp3) is 0.278. The molecule has 2 aromatic carbocycles. The zero-order chi connectivity index (χ0) is 17.8. The lowest BCUT2D eigenvalue weighted by atomic mass is 10.00. The topological polar surface area (TPSA) is 84.7 Å². The molecule has 7 nitrogen and oxygen atoms in total. The molecule has 0 saturated carbocycles. The number of carbonyl (C=O) groups is 1. The van der Waals surface area contributed by atoms with Gasteiger partial charge in [0.15, 0.2) is 0 Å². The molecule has 0 bridgehead atoms. The van der Waals surface area contributed by atoms with Crippen molar-refractivity contribution in [3.8, 4) is 5.75 Å². The van der Waals surface area contributed by atoms with Crippen LogP contribution in [0.15, 0.2) is 42.5 Å². The van der Waals surface area contributed by atoms with E-state index < -0.39 is 4.92 Å². The SMILES string of the molecule is CCOc1ccc2c(c1)CN(C(=O)Nc1ccc([N+](=O)[O-])cc1)CC2. The number of nitrogens with one attached hydrogen (secondary N) is 1. The van der Waals surface area contributed by atoms with Crippen molar-refractivity contribution in [2.75, 3.05) is 18.5 Å². The van der Waals surface area contributed by atoms with Crippen LogP contribution in [0.25, 0.3) is 0 Å². The number of amides is 2. The van der Waals surface area contributed by atoms with Gasteiger partial charge in [-0.25, -0.2) is 4.79 Å². The van der Waals surface area contributed by atoms with Gasteiger partial charge in [-0.3, -0.25) is 10.1 Å². The van der Waals surface area contributed by atoms with E-state index in [1.54, 1.807) is 4.90 Å². The minimum absolute atomic E-state index is 0.00616. The lowest BCUT2D eigenvalue weighted by Crippen LogP contribution is -2.38. The molecule has 0 saturated heterocycles. The zero-order valence-corrected chi connectivity index (χ0v) is 13.9. The van der Waals surface area contributed by atoms with E-state index in [-0.39, 0.29) is 11.7 Å². The fourth-order valence-electron chi connectivity index (χ4n) is 2.83. The number of ether oxygens (including phenoxy) is 1. The minimum Gasteiger partial charge on any atom is -0.494 e. The number of hydrogen-bond acceptors (Lipinski definition) is 4. The average molecular weight is 341 g/mol. The first-order valence-electron chi connectivity index (χ1n) is 8.12. The second kappa shape index (κ2) is 7.21. The molecule has 0 atom stereocenters. The smallest absolute Gasteiger partial charge is 0.322 e. The number of non-ortho nitro benzene ring substituents is 1. The van der Waals surface area contributed by atoms with Gasteiger partial charge in [-0.15, -0.1) is 0 Å². The number of rotatable bonds is 4. The number of nitrogens with zero attached hydrogens (tertiary/aromatic N) is 2. The Morgan fingerprint density at radius 1 is 1.24 bits per heavy atom. The van der Waals surface area contributed by atoms with Crippen molar-refractivity contribution in [1.29, 1.82) is 0 Å². The summed E-state index contributed by atoms with van der Waals surface area (Å²) in [5.41, 5.74) is 2.83. The van der Waals surface area contributed by atoms with Crippen molar-refractivity contribution in [1.82, 2.24) is 4.90 Å². The van der Waals surface area contributed by atoms with Gasteiger partial charge >= 0.3 is 6.03 Å². The van der Waals surface area contributed by atoms with Gasteiger partial charge in [0.25, 0.3) is 5.69 Å². The summed E-state index contributed by atoms with van der Waals surface area (Å²) in [6, 6.07) is 11.6. The molecular formula is C18H19N3O4. The molecule has 0 spiro atoms. The average Bonchev–Trinajstić information content (AvgIpc) is 2.62. The van der Waals surface area contributed by atoms with Crippen LogP contribution in [-0.4, -0.2) is 29.0 Å². The van der Waals surface area contributed by atoms with Gasteiger partial charge in [0.1, 0.15) is 5.75 Å². The van der Waals surface area contributed by atoms with Gasteiger partial charge in [-0.05, 0) is 48.7 Å². The van der Waals surface area contributed by atoms with Crippen LogP contribution in [0.1, 0.15) is 18.1 Å². The maximum atomic E-state index is 12.5. The molecule has 7 heteroatoms. The highest BCUT2D eigenvalue weighted by Gasteiger charge is 2.21. The van der Waals surface area contributed by atoms with Crippen LogP contribution in [0.2, 0.25) is 0 Å². The minimum atomic E-state index is -0.469. The van der Waals surface area contributed by atoms with E-state index >= 15 is 0 Å². The number of anilines is 1. The zero-order valence-electron chi connectivity index (χ0n) is 13.9. The van der Waals surface area contributed by atoms with E-state index in [0.717, 1.165) is 17.7 Å². The largest absolute Gasteiger partial charge is 0.494 e. The highest BCUT2D eigenvalue weighted by molar-refractivity contribution is 5.89. The molecule has 25 heavy (non-hydrogen) atoms. The molecule has 1 aliphatic rings. The molecule has 1 aliphatic heterocycles. The summed E-state index contributed by atoms with van der Waals surface area (Å²) in [6.45, 7) is 3.67. The Morgan fingerprint density at radius 3 is 2.68 bits per heavy atom. The van der Waals surface area contributed by atoms with Crippen molar-refractivity contribution >= 4 is 17.4 Å². The van der Waals surface area contributed by atoms with E-state index in [0.29, 0.717) is 25.4 Å². The molecule has 2 amide bonds. The van der Waals surface area contributed by atoms with Crippen LogP contribution in [0.5, 0.6) is 5.75 Å². The lowest BCUT2D eigenvalue weighted by Gasteiger charge is -2.29. The first-order chi connectivity index (χ1) is 12.1. The third-order valence-corrected chi connectivity index (χ3v) is 4.12. The quantitative estimate of drug-likeness (QED) is 0.680. The second-order valence-electron chi connectivity index (χ2n) is 5.77. The van der Waals surface area contributed by atoms with Gasteiger partial charge in [0, 0.05) is 30.9 Å². The van der Waals surface area contributed by atoms with Gasteiger partial charge in [0.2, 0.25) is 0 Å². The molecule has 2 aromatic rings. The van der Waals surface area contributed by atoms with Crippen LogP contribution < -0.4 is 10.1 Å². The lowest BCUT2D eigenvalue weighted by molar-refractivity contribution is -0.384. The number of urea groups is 1. The molecule has 0 fully saturated rings. The third kappa shape index (κ3) is 3.88. The van der Waals surface area contributed by atoms with Gasteiger partial charge in [0.05, 0.1) is 11.5 Å². The molecular weight excluding hydrogens is 322 g/mol. The molecule has 130 valence electrons. The Labute approximate surface area is 145 Å². The van der Waals surface area contributed by atoms with Crippen LogP contribution in [-0.2, 0) is 13.0 Å². The van der Waals surface area contributed by atoms with Crippen molar-refractivity contribution in [3.05, 3.63) is 63.7 Å². The summed E-state index contributed by atoms with van der Waals surface area (Å²) in [6.07, 6.45) is 0.787. The molecule has 3 rings (SSSR count). The number of benzene rings is 2. The van der Waals surface area contributed by atoms with E-state index in [1.165, 1.54) is 29.8 Å². The van der Waals surface area contributed by atoms with Crippen molar-refractivity contribution in [3.63, 3.8) is 0 Å². The third-order valence-electron chi connectivity index (χ3n) is 4.12. The monoisotopic (exact) mass is 341 g/mol. The second-order valence-corrected chi connectivity index (χ2v) is 5.77. The van der Waals surface area contributed by atoms with Gasteiger partial charge in [-0.2, -0.15) is 0 Å². The van der Waals surface area contributed by atoms with Gasteiger partial charge in [-0.1, -0.05) is 6.07 Å². The summed E-state index contributed by atoms with van der Waals surface area (Å²) in [7, 11) is 0. The highest BCUT2D eigenvalue weighted by atomic mass is 16.6. The molecule has 0 aromatic heterocycles. The number of hydrogen-bond donors (Lipinski definition) is 1. The number of nitro groups is 1. The van der Waals surface area contributed by atoms with Crippen LogP contribution in [0.3, 0.4) is 0 Å². The highest BCUT2D eigenvalue weighted by Crippen LogP contribution is 2.24. The van der Waals surface area contributed by atoms with Crippen molar-refractivity contribution in [2.45, 2.75) is 19.9 Å². The Kier molecular flexibility index (Phi) is 4.83. The van der Waals surface area contributed by atoms with E-state index in [4.69, 9.17) is 4.74 Å². The Morgan fingerprint density at radius 2 is 2.00 bits per heavy atom. The number of carbonyl (C=O) groups excluding carboxylic acids is 1. The molecule has 1 N–H and O–H groups in total. The number of nitro benzene ring substituents is 1. The summed E-state index contributed by atoms with van der Waals surface area (Å²) in [5, 5.41) is 13.5. The fourth-order valence-corrected chi connectivity index (χ4v) is 2.83. The first kappa shape index (κ1) is 16.8. The van der Waals surface area contributed by atoms with E-state index in [2.05, 4.69) is 5.32 Å². The van der Waals surface area contributed by atoms with Crippen LogP contribution in [0, 0.1) is 10.1 Å². The summed E-state index contributed by atoms with van der Waals surface area (Å²) in [4.78, 5) is 24.4. The maximum Gasteiger partial charge on any atom is 0.322 e. The summed E-state index contributed by atoms with van der Waals surface area (Å²) in [5.74, 6) is 0.805. The van der Waals surface area contributed by atoms with Gasteiger partial charge < -0.3 is 15.0 Å². The first-order valence-corrected chi connectivity index (χ1v) is 8.12. The Balaban J connectivity index is 1.67. The normalized spacial score (nSPS) is 13.1. The van der Waals surface area contributed by atoms with E-state index in [1.807, 2.05) is 25.1 Å². The van der Waals surface area contributed by atoms with Crippen LogP contribution >= 0.6 is 0 Å². The standard InChI is InChI=1S/C18H19N3O4/c1-2-25-17-8-3-13-9-10-20(12-14(13)11-17)18(22)19-15-4-6-16(7-5-15)21(23)24/h3-8,11H,2,9-10,12H2,1H3,(H,19,22). The van der Waals surface area contributed by atoms with Crippen LogP contribution in [0.4, 0.5) is 16.2 Å². The Bertz CT molecular complexity index is 789. The molecule has 0 radical (unpaired) electrons. The number of fused-ring (bicyclic) bond motifs is 1. The van der Waals surface area contributed by atoms with E-state index in [9.17, 15) is 14.9 Å². The maximum absolute atomic E-state index is 12.5. The predicted molar refractivity (Wildman–Crippen MR) is 93.8 cm³/mol. The van der Waals surface area contributed by atoms with Crippen molar-refractivity contribution < 1.29 is 14.5 Å². The molecule has 0 aliphatic carbocycles. The molecule has 0 unspecified atom stereocenters.